The zero-order valence-corrected chi connectivity index (χ0v) is 12.0. The average Bonchev–Trinajstić information content (AvgIpc) is 2.23. The summed E-state index contributed by atoms with van der Waals surface area (Å²) < 4.78 is 0. The van der Waals surface area contributed by atoms with E-state index in [2.05, 4.69) is 5.32 Å². The van der Waals surface area contributed by atoms with E-state index in [1.165, 1.54) is 0 Å². The smallest absolute Gasteiger partial charge is 0.326 e. The predicted molar refractivity (Wildman–Crippen MR) is 71.1 cm³/mol. The van der Waals surface area contributed by atoms with Gasteiger partial charge in [-0.2, -0.15) is 0 Å². The maximum absolute atomic E-state index is 11.8. The molecule has 0 aliphatic carbocycles. The van der Waals surface area contributed by atoms with Crippen molar-refractivity contribution in [1.82, 2.24) is 5.32 Å². The monoisotopic (exact) mass is 258 g/mol. The predicted octanol–water partition coefficient (Wildman–Crippen LogP) is 1.37. The summed E-state index contributed by atoms with van der Waals surface area (Å²) in [5.74, 6) is -1.40. The number of nitrogens with two attached hydrogens (primary N) is 1. The van der Waals surface area contributed by atoms with Gasteiger partial charge in [-0.05, 0) is 11.3 Å². The number of nitrogens with one attached hydrogen (secondary N) is 1. The molecule has 0 spiro atoms. The summed E-state index contributed by atoms with van der Waals surface area (Å²) in [5, 5.41) is 11.6. The first-order valence-electron chi connectivity index (χ1n) is 6.37. The van der Waals surface area contributed by atoms with Gasteiger partial charge in [-0.25, -0.2) is 4.79 Å². The van der Waals surface area contributed by atoms with Crippen LogP contribution in [-0.4, -0.2) is 29.1 Å². The van der Waals surface area contributed by atoms with E-state index in [0.29, 0.717) is 6.42 Å². The molecule has 0 aromatic carbocycles. The molecule has 0 aliphatic heterocycles. The molecule has 0 aromatic rings. The van der Waals surface area contributed by atoms with Gasteiger partial charge in [0.2, 0.25) is 5.91 Å². The van der Waals surface area contributed by atoms with Crippen LogP contribution in [0.15, 0.2) is 0 Å². The van der Waals surface area contributed by atoms with Gasteiger partial charge in [-0.15, -0.1) is 0 Å². The van der Waals surface area contributed by atoms with Crippen molar-refractivity contribution in [3.8, 4) is 0 Å². The third-order valence-electron chi connectivity index (χ3n) is 3.31. The second-order valence-corrected chi connectivity index (χ2v) is 5.95. The maximum atomic E-state index is 11.8. The second kappa shape index (κ2) is 6.73. The average molecular weight is 258 g/mol. The van der Waals surface area contributed by atoms with Crippen LogP contribution >= 0.6 is 0 Å². The molecule has 5 heteroatoms. The number of carbonyl (C=O) groups excluding carboxylic acids is 1. The summed E-state index contributed by atoms with van der Waals surface area (Å²) in [4.78, 5) is 22.9. The van der Waals surface area contributed by atoms with E-state index >= 15 is 0 Å². The summed E-state index contributed by atoms with van der Waals surface area (Å²) in [7, 11) is 0. The van der Waals surface area contributed by atoms with Gasteiger partial charge in [0.15, 0.2) is 0 Å². The minimum absolute atomic E-state index is 0.0997. The van der Waals surface area contributed by atoms with Gasteiger partial charge in [-0.3, -0.25) is 4.79 Å². The lowest BCUT2D eigenvalue weighted by molar-refractivity contribution is -0.143. The summed E-state index contributed by atoms with van der Waals surface area (Å²) in [6.07, 6.45) is 0.840. The number of hydrogen-bond donors (Lipinski definition) is 3. The summed E-state index contributed by atoms with van der Waals surface area (Å²) in [6, 6.07) is -1.13. The van der Waals surface area contributed by atoms with Crippen molar-refractivity contribution in [2.45, 2.75) is 59.5 Å². The van der Waals surface area contributed by atoms with Crippen molar-refractivity contribution < 1.29 is 14.7 Å². The molecule has 0 rings (SSSR count). The molecule has 0 fully saturated rings. The number of carboxylic acid groups (broad SMARTS) is 1. The van der Waals surface area contributed by atoms with Crippen LogP contribution in [0, 0.1) is 11.3 Å². The lowest BCUT2D eigenvalue weighted by atomic mass is 9.85. The molecule has 0 radical (unpaired) electrons. The molecule has 0 aliphatic rings. The first-order valence-corrected chi connectivity index (χ1v) is 6.37. The lowest BCUT2D eigenvalue weighted by Gasteiger charge is -2.27. The van der Waals surface area contributed by atoms with Crippen molar-refractivity contribution in [2.24, 2.45) is 17.1 Å². The molecule has 0 heterocycles. The van der Waals surface area contributed by atoms with Gasteiger partial charge in [0, 0.05) is 12.5 Å². The normalized spacial score (nSPS) is 16.8. The quantitative estimate of drug-likeness (QED) is 0.671. The highest BCUT2D eigenvalue weighted by Gasteiger charge is 2.28. The molecule has 18 heavy (non-hydrogen) atoms. The minimum Gasteiger partial charge on any atom is -0.480 e. The molecule has 0 saturated heterocycles. The molecule has 1 unspecified atom stereocenters. The zero-order valence-electron chi connectivity index (χ0n) is 12.0. The number of amides is 1. The van der Waals surface area contributed by atoms with Crippen LogP contribution in [0.2, 0.25) is 0 Å². The highest BCUT2D eigenvalue weighted by Crippen LogP contribution is 2.19. The lowest BCUT2D eigenvalue weighted by Crippen LogP contribution is -2.48. The van der Waals surface area contributed by atoms with Gasteiger partial charge in [-0.1, -0.05) is 41.0 Å². The standard InChI is InChI=1S/C13H26N2O3/c1-6-8(2)11(12(17)18)15-10(16)7-9(14)13(3,4)5/h8-9,11H,6-7,14H2,1-5H3,(H,15,16)(H,17,18)/t8-,9?,11-/m0/s1. The number of aliphatic carboxylic acids is 1. The third kappa shape index (κ3) is 5.49. The van der Waals surface area contributed by atoms with E-state index in [0.717, 1.165) is 0 Å². The summed E-state index contributed by atoms with van der Waals surface area (Å²) >= 11 is 0. The van der Waals surface area contributed by atoms with Crippen LogP contribution in [0.3, 0.4) is 0 Å². The fourth-order valence-electron chi connectivity index (χ4n) is 1.42. The van der Waals surface area contributed by atoms with E-state index in [1.807, 2.05) is 34.6 Å². The number of rotatable bonds is 6. The molecule has 0 bridgehead atoms. The van der Waals surface area contributed by atoms with Gasteiger partial charge >= 0.3 is 5.97 Å². The Kier molecular flexibility index (Phi) is 6.32. The molecule has 106 valence electrons. The minimum atomic E-state index is -0.998. The molecular weight excluding hydrogens is 232 g/mol. The van der Waals surface area contributed by atoms with Gasteiger partial charge < -0.3 is 16.2 Å². The van der Waals surface area contributed by atoms with Crippen molar-refractivity contribution in [1.29, 1.82) is 0 Å². The third-order valence-corrected chi connectivity index (χ3v) is 3.31. The van der Waals surface area contributed by atoms with Crippen LogP contribution < -0.4 is 11.1 Å². The first-order chi connectivity index (χ1) is 8.09. The van der Waals surface area contributed by atoms with Crippen molar-refractivity contribution in [2.75, 3.05) is 0 Å². The Hall–Kier alpha value is -1.10. The molecule has 5 nitrogen and oxygen atoms in total. The number of carboxylic acids is 1. The molecule has 1 amide bonds. The highest BCUT2D eigenvalue weighted by molar-refractivity contribution is 5.84. The Morgan fingerprint density at radius 2 is 1.83 bits per heavy atom. The van der Waals surface area contributed by atoms with Crippen LogP contribution in [0.25, 0.3) is 0 Å². The van der Waals surface area contributed by atoms with Crippen LogP contribution in [0.1, 0.15) is 47.5 Å². The molecular formula is C13H26N2O3. The SMILES string of the molecule is CC[C@H](C)[C@H](NC(=O)CC(N)C(C)(C)C)C(=O)O. The topological polar surface area (TPSA) is 92.4 Å². The van der Waals surface area contributed by atoms with Gasteiger partial charge in [0.25, 0.3) is 0 Å². The Morgan fingerprint density at radius 3 is 2.17 bits per heavy atom. The van der Waals surface area contributed by atoms with Crippen molar-refractivity contribution >= 4 is 11.9 Å². The summed E-state index contributed by atoms with van der Waals surface area (Å²) in [5.41, 5.74) is 5.73. The molecule has 0 saturated carbocycles. The molecule has 0 aromatic heterocycles. The zero-order chi connectivity index (χ0) is 14.5. The van der Waals surface area contributed by atoms with E-state index in [4.69, 9.17) is 10.8 Å². The van der Waals surface area contributed by atoms with E-state index in [-0.39, 0.29) is 29.7 Å². The first kappa shape index (κ1) is 16.9. The van der Waals surface area contributed by atoms with E-state index in [9.17, 15) is 9.59 Å². The Balaban J connectivity index is 4.49. The summed E-state index contributed by atoms with van der Waals surface area (Å²) in [6.45, 7) is 9.56. The maximum Gasteiger partial charge on any atom is 0.326 e. The Morgan fingerprint density at radius 1 is 1.33 bits per heavy atom. The second-order valence-electron chi connectivity index (χ2n) is 5.95. The Bertz CT molecular complexity index is 297. The Labute approximate surface area is 109 Å². The van der Waals surface area contributed by atoms with Gasteiger partial charge in [0.05, 0.1) is 0 Å². The number of hydrogen-bond acceptors (Lipinski definition) is 3. The van der Waals surface area contributed by atoms with Crippen LogP contribution in [0.4, 0.5) is 0 Å². The fraction of sp³-hybridized carbons (Fsp3) is 0.846. The number of carbonyl (C=O) groups is 2. The largest absolute Gasteiger partial charge is 0.480 e. The molecule has 3 atom stereocenters. The van der Waals surface area contributed by atoms with Crippen molar-refractivity contribution in [3.63, 3.8) is 0 Å². The van der Waals surface area contributed by atoms with Gasteiger partial charge in [0.1, 0.15) is 6.04 Å². The highest BCUT2D eigenvalue weighted by atomic mass is 16.4. The van der Waals surface area contributed by atoms with Crippen LogP contribution in [0.5, 0.6) is 0 Å². The van der Waals surface area contributed by atoms with E-state index in [1.54, 1.807) is 0 Å². The fourth-order valence-corrected chi connectivity index (χ4v) is 1.42. The van der Waals surface area contributed by atoms with Crippen molar-refractivity contribution in [3.05, 3.63) is 0 Å². The van der Waals surface area contributed by atoms with E-state index < -0.39 is 12.0 Å². The molecule has 4 N–H and O–H groups in total. The van der Waals surface area contributed by atoms with Crippen LogP contribution in [-0.2, 0) is 9.59 Å².